The zero-order valence-electron chi connectivity index (χ0n) is 20.7. The molecule has 0 saturated heterocycles. The molecule has 1 N–H and O–H groups in total. The molecule has 1 aliphatic rings. The molecule has 0 fully saturated rings. The van der Waals surface area contributed by atoms with Crippen molar-refractivity contribution in [3.05, 3.63) is 71.4 Å². The Morgan fingerprint density at radius 1 is 1.42 bits per heavy atom. The highest BCUT2D eigenvalue weighted by atomic mass is 19.1. The molecule has 1 aromatic carbocycles. The van der Waals surface area contributed by atoms with E-state index in [4.69, 9.17) is 9.72 Å². The van der Waals surface area contributed by atoms with E-state index in [-0.39, 0.29) is 12.5 Å². The average molecular weight is 490 g/mol. The number of rotatable bonds is 9. The summed E-state index contributed by atoms with van der Waals surface area (Å²) >= 11 is 0. The zero-order valence-corrected chi connectivity index (χ0v) is 20.7. The van der Waals surface area contributed by atoms with E-state index in [1.807, 2.05) is 13.0 Å². The van der Waals surface area contributed by atoms with Crippen LogP contribution in [0.4, 0.5) is 21.8 Å². The SMILES string of the molecule is CCOc1cc(F)ccc1CN(C(C)=O)c1nc(N(C=NC)C2=CC=CC(C#N)=CC2)ncc1NC. The number of allylic oxidation sites excluding steroid dienone is 5. The van der Waals surface area contributed by atoms with Gasteiger partial charge in [0, 0.05) is 50.3 Å². The van der Waals surface area contributed by atoms with Crippen molar-refractivity contribution in [2.24, 2.45) is 4.99 Å². The number of hydrogen-bond donors (Lipinski definition) is 1. The van der Waals surface area contributed by atoms with Gasteiger partial charge in [0.25, 0.3) is 0 Å². The fourth-order valence-electron chi connectivity index (χ4n) is 3.56. The van der Waals surface area contributed by atoms with Gasteiger partial charge < -0.3 is 10.1 Å². The molecule has 0 aliphatic heterocycles. The lowest BCUT2D eigenvalue weighted by Crippen LogP contribution is -2.31. The first-order chi connectivity index (χ1) is 17.4. The van der Waals surface area contributed by atoms with Crippen molar-refractivity contribution in [3.8, 4) is 11.8 Å². The van der Waals surface area contributed by atoms with Crippen LogP contribution < -0.4 is 19.9 Å². The first-order valence-corrected chi connectivity index (χ1v) is 11.3. The van der Waals surface area contributed by atoms with Crippen molar-refractivity contribution in [1.82, 2.24) is 9.97 Å². The number of nitrogens with zero attached hydrogens (tertiary/aromatic N) is 6. The van der Waals surface area contributed by atoms with Crippen LogP contribution in [0.3, 0.4) is 0 Å². The van der Waals surface area contributed by atoms with Gasteiger partial charge in [-0.25, -0.2) is 9.37 Å². The molecule has 0 atom stereocenters. The van der Waals surface area contributed by atoms with E-state index in [2.05, 4.69) is 21.4 Å². The Kier molecular flexibility index (Phi) is 8.89. The average Bonchev–Trinajstić information content (AvgIpc) is 3.12. The highest BCUT2D eigenvalue weighted by molar-refractivity contribution is 5.94. The Morgan fingerprint density at radius 2 is 2.22 bits per heavy atom. The van der Waals surface area contributed by atoms with Crippen LogP contribution in [0.2, 0.25) is 0 Å². The van der Waals surface area contributed by atoms with Gasteiger partial charge in [0.2, 0.25) is 11.9 Å². The monoisotopic (exact) mass is 489 g/mol. The van der Waals surface area contributed by atoms with E-state index in [1.165, 1.54) is 24.0 Å². The predicted octanol–water partition coefficient (Wildman–Crippen LogP) is 4.37. The fourth-order valence-corrected chi connectivity index (χ4v) is 3.56. The summed E-state index contributed by atoms with van der Waals surface area (Å²) < 4.78 is 19.4. The number of halogens is 1. The van der Waals surface area contributed by atoms with Crippen LogP contribution in [-0.2, 0) is 11.3 Å². The lowest BCUT2D eigenvalue weighted by molar-refractivity contribution is -0.116. The topological polar surface area (TPSA) is 107 Å². The van der Waals surface area contributed by atoms with Crippen LogP contribution in [0.15, 0.2) is 65.0 Å². The summed E-state index contributed by atoms with van der Waals surface area (Å²) in [7, 11) is 3.34. The van der Waals surface area contributed by atoms with Crippen LogP contribution in [0, 0.1) is 17.1 Å². The van der Waals surface area contributed by atoms with Crippen LogP contribution in [-0.4, -0.2) is 42.9 Å². The minimum atomic E-state index is -0.425. The maximum absolute atomic E-state index is 13.8. The molecule has 186 valence electrons. The molecule has 1 amide bonds. The van der Waals surface area contributed by atoms with E-state index >= 15 is 0 Å². The van der Waals surface area contributed by atoms with E-state index < -0.39 is 5.82 Å². The molecule has 0 saturated carbocycles. The largest absolute Gasteiger partial charge is 0.493 e. The number of hydrogen-bond acceptors (Lipinski definition) is 7. The van der Waals surface area contributed by atoms with Crippen LogP contribution in [0.1, 0.15) is 25.8 Å². The minimum Gasteiger partial charge on any atom is -0.493 e. The number of carbonyl (C=O) groups excluding carboxylic acids is 1. The molecule has 2 aromatic rings. The first kappa shape index (κ1) is 26.1. The van der Waals surface area contributed by atoms with Gasteiger partial charge in [-0.05, 0) is 25.1 Å². The summed E-state index contributed by atoms with van der Waals surface area (Å²) in [5, 5.41) is 12.3. The summed E-state index contributed by atoms with van der Waals surface area (Å²) in [6, 6.07) is 6.36. The standard InChI is InChI=1S/C26H28FN7O2/c1-5-36-24-13-21(27)11-10-20(24)16-33(18(2)35)25-23(30-4)15-31-26(32-25)34(17-29-3)22-8-6-7-19(14-28)9-12-22/h6-11,13,15,17,30H,5,12,16H2,1-4H3. The third-order valence-corrected chi connectivity index (χ3v) is 5.30. The van der Waals surface area contributed by atoms with Gasteiger partial charge >= 0.3 is 0 Å². The molecular weight excluding hydrogens is 461 g/mol. The van der Waals surface area contributed by atoms with Crippen LogP contribution in [0.5, 0.6) is 5.75 Å². The van der Waals surface area contributed by atoms with Crippen molar-refractivity contribution >= 4 is 29.7 Å². The fraction of sp³-hybridized carbons (Fsp3) is 0.269. The molecule has 1 heterocycles. The summed E-state index contributed by atoms with van der Waals surface area (Å²) in [6.45, 7) is 3.71. The number of benzene rings is 1. The summed E-state index contributed by atoms with van der Waals surface area (Å²) in [5.41, 5.74) is 2.50. The number of aromatic nitrogens is 2. The van der Waals surface area contributed by atoms with Crippen molar-refractivity contribution < 1.29 is 13.9 Å². The van der Waals surface area contributed by atoms with Gasteiger partial charge in [-0.2, -0.15) is 10.2 Å². The van der Waals surface area contributed by atoms with Crippen molar-refractivity contribution in [2.75, 3.05) is 35.8 Å². The summed E-state index contributed by atoms with van der Waals surface area (Å²) in [6.07, 6.45) is 10.8. The number of amides is 1. The molecule has 3 rings (SSSR count). The Labute approximate surface area is 209 Å². The van der Waals surface area contributed by atoms with E-state index in [1.54, 1.807) is 55.8 Å². The molecule has 0 spiro atoms. The molecule has 9 nitrogen and oxygen atoms in total. The van der Waals surface area contributed by atoms with E-state index in [9.17, 15) is 14.4 Å². The molecule has 1 aromatic heterocycles. The third kappa shape index (κ3) is 6.13. The Balaban J connectivity index is 2.06. The minimum absolute atomic E-state index is 0.109. The Hall–Kier alpha value is -4.52. The predicted molar refractivity (Wildman–Crippen MR) is 138 cm³/mol. The Morgan fingerprint density at radius 3 is 2.89 bits per heavy atom. The zero-order chi connectivity index (χ0) is 26.1. The molecule has 36 heavy (non-hydrogen) atoms. The molecule has 0 bridgehead atoms. The number of ether oxygens (including phenoxy) is 1. The number of carbonyl (C=O) groups is 1. The van der Waals surface area contributed by atoms with Gasteiger partial charge in [-0.3, -0.25) is 19.6 Å². The van der Waals surface area contributed by atoms with Gasteiger partial charge in [-0.1, -0.05) is 18.2 Å². The van der Waals surface area contributed by atoms with Crippen LogP contribution in [0.25, 0.3) is 0 Å². The second-order valence-corrected chi connectivity index (χ2v) is 7.68. The maximum atomic E-state index is 13.8. The normalized spacial score (nSPS) is 12.9. The first-order valence-electron chi connectivity index (χ1n) is 11.3. The Bertz CT molecular complexity index is 1280. The van der Waals surface area contributed by atoms with Crippen molar-refractivity contribution in [3.63, 3.8) is 0 Å². The van der Waals surface area contributed by atoms with Gasteiger partial charge in [0.15, 0.2) is 5.82 Å². The summed E-state index contributed by atoms with van der Waals surface area (Å²) in [4.78, 5) is 29.3. The lowest BCUT2D eigenvalue weighted by Gasteiger charge is -2.26. The maximum Gasteiger partial charge on any atom is 0.237 e. The third-order valence-electron chi connectivity index (χ3n) is 5.30. The number of nitrogens with one attached hydrogen (secondary N) is 1. The number of aliphatic imine (C=N–C) groups is 1. The quantitative estimate of drug-likeness (QED) is 0.412. The highest BCUT2D eigenvalue weighted by Gasteiger charge is 2.23. The van der Waals surface area contributed by atoms with Gasteiger partial charge in [0.05, 0.1) is 37.4 Å². The van der Waals surface area contributed by atoms with E-state index in [0.717, 1.165) is 5.70 Å². The summed E-state index contributed by atoms with van der Waals surface area (Å²) in [5.74, 6) is 0.300. The van der Waals surface area contributed by atoms with E-state index in [0.29, 0.717) is 47.4 Å². The molecule has 10 heteroatoms. The number of anilines is 3. The molecule has 0 radical (unpaired) electrons. The number of nitriles is 1. The molecule has 0 unspecified atom stereocenters. The molecule has 1 aliphatic carbocycles. The smallest absolute Gasteiger partial charge is 0.237 e. The second kappa shape index (κ2) is 12.3. The van der Waals surface area contributed by atoms with Gasteiger partial charge in [0.1, 0.15) is 11.6 Å². The van der Waals surface area contributed by atoms with Gasteiger partial charge in [-0.15, -0.1) is 0 Å². The molecular formula is C26H28FN7O2. The van der Waals surface area contributed by atoms with Crippen molar-refractivity contribution in [2.45, 2.75) is 26.8 Å². The second-order valence-electron chi connectivity index (χ2n) is 7.68. The van der Waals surface area contributed by atoms with Crippen LogP contribution >= 0.6 is 0 Å². The van der Waals surface area contributed by atoms with Crippen molar-refractivity contribution in [1.29, 1.82) is 5.26 Å². The lowest BCUT2D eigenvalue weighted by atomic mass is 10.1. The highest BCUT2D eigenvalue weighted by Crippen LogP contribution is 2.30.